The number of hydrogen-bond donors (Lipinski definition) is 0. The molecule has 2 aromatic heterocycles. The number of ether oxygens (including phenoxy) is 2. The summed E-state index contributed by atoms with van der Waals surface area (Å²) in [6, 6.07) is 7.91. The van der Waals surface area contributed by atoms with Crippen LogP contribution in [0, 0.1) is 0 Å². The van der Waals surface area contributed by atoms with E-state index >= 15 is 0 Å². The third-order valence-corrected chi connectivity index (χ3v) is 4.58. The number of rotatable bonds is 6. The molecule has 3 rings (SSSR count). The molecule has 0 aliphatic heterocycles. The van der Waals surface area contributed by atoms with Crippen molar-refractivity contribution in [2.24, 2.45) is 7.05 Å². The third kappa shape index (κ3) is 3.97. The summed E-state index contributed by atoms with van der Waals surface area (Å²) in [5, 5.41) is 0.805. The number of aromatic nitrogens is 2. The highest BCUT2D eigenvalue weighted by atomic mass is 32.2. The summed E-state index contributed by atoms with van der Waals surface area (Å²) in [7, 11) is 3.33. The molecule has 1 aromatic carbocycles. The quantitative estimate of drug-likeness (QED) is 0.486. The van der Waals surface area contributed by atoms with Gasteiger partial charge in [-0.25, -0.2) is 9.78 Å². The van der Waals surface area contributed by atoms with Crippen LogP contribution < -0.4 is 14.9 Å². The summed E-state index contributed by atoms with van der Waals surface area (Å²) in [5.41, 5.74) is -0.209. The summed E-state index contributed by atoms with van der Waals surface area (Å²) >= 11 is 1.43. The SMILES string of the molecule is COc1ccccc1C(=O)Oc1coc(CSc2nccn2C)cc1=O. The molecule has 0 aliphatic carbocycles. The monoisotopic (exact) mass is 372 g/mol. The molecule has 8 heteroatoms. The maximum atomic E-state index is 12.3. The van der Waals surface area contributed by atoms with Gasteiger partial charge >= 0.3 is 5.97 Å². The lowest BCUT2D eigenvalue weighted by molar-refractivity contribution is 0.0725. The van der Waals surface area contributed by atoms with Crippen LogP contribution in [0.25, 0.3) is 0 Å². The minimum Gasteiger partial charge on any atom is -0.496 e. The smallest absolute Gasteiger partial charge is 0.347 e. The summed E-state index contributed by atoms with van der Waals surface area (Å²) < 4.78 is 17.5. The number of nitrogens with zero attached hydrogens (tertiary/aromatic N) is 2. The molecule has 0 amide bonds. The minimum atomic E-state index is -0.690. The Bertz CT molecular complexity index is 979. The van der Waals surface area contributed by atoms with Crippen molar-refractivity contribution in [3.05, 3.63) is 70.5 Å². The van der Waals surface area contributed by atoms with E-state index in [0.717, 1.165) is 11.4 Å². The third-order valence-electron chi connectivity index (χ3n) is 3.50. The zero-order valence-corrected chi connectivity index (χ0v) is 15.0. The molecule has 7 nitrogen and oxygen atoms in total. The molecule has 0 fully saturated rings. The average molecular weight is 372 g/mol. The molecule has 134 valence electrons. The van der Waals surface area contributed by atoms with Gasteiger partial charge in [0.25, 0.3) is 0 Å². The van der Waals surface area contributed by atoms with Gasteiger partial charge in [0.15, 0.2) is 5.16 Å². The number of carbonyl (C=O) groups is 1. The van der Waals surface area contributed by atoms with Crippen LogP contribution in [-0.2, 0) is 12.8 Å². The fourth-order valence-electron chi connectivity index (χ4n) is 2.18. The number of para-hydroxylation sites is 1. The summed E-state index contributed by atoms with van der Waals surface area (Å²) in [6.45, 7) is 0. The number of imidazole rings is 1. The Morgan fingerprint density at radius 3 is 2.81 bits per heavy atom. The fraction of sp³-hybridized carbons (Fsp3) is 0.167. The van der Waals surface area contributed by atoms with Gasteiger partial charge in [-0.05, 0) is 12.1 Å². The van der Waals surface area contributed by atoms with Crippen molar-refractivity contribution in [2.75, 3.05) is 7.11 Å². The second-order valence-corrected chi connectivity index (χ2v) is 6.22. The van der Waals surface area contributed by atoms with Gasteiger partial charge < -0.3 is 18.5 Å². The molecule has 0 unspecified atom stereocenters. The number of esters is 1. The van der Waals surface area contributed by atoms with Crippen LogP contribution in [0.3, 0.4) is 0 Å². The maximum absolute atomic E-state index is 12.3. The lowest BCUT2D eigenvalue weighted by Crippen LogP contribution is -2.15. The van der Waals surface area contributed by atoms with Crippen molar-refractivity contribution in [2.45, 2.75) is 10.9 Å². The second kappa shape index (κ2) is 7.92. The Morgan fingerprint density at radius 1 is 1.31 bits per heavy atom. The normalized spacial score (nSPS) is 10.5. The molecule has 0 atom stereocenters. The van der Waals surface area contributed by atoms with Gasteiger partial charge in [-0.2, -0.15) is 0 Å². The van der Waals surface area contributed by atoms with Crippen molar-refractivity contribution in [3.8, 4) is 11.5 Å². The zero-order chi connectivity index (χ0) is 18.5. The van der Waals surface area contributed by atoms with E-state index in [1.807, 2.05) is 17.8 Å². The fourth-order valence-corrected chi connectivity index (χ4v) is 3.01. The van der Waals surface area contributed by atoms with Crippen LogP contribution in [-0.4, -0.2) is 22.6 Å². The Kier molecular flexibility index (Phi) is 5.43. The van der Waals surface area contributed by atoms with Crippen molar-refractivity contribution < 1.29 is 18.7 Å². The first-order valence-corrected chi connectivity index (χ1v) is 8.64. The van der Waals surface area contributed by atoms with Gasteiger partial charge in [-0.15, -0.1) is 0 Å². The maximum Gasteiger partial charge on any atom is 0.347 e. The predicted octanol–water partition coefficient (Wildman–Crippen LogP) is 2.89. The number of methoxy groups -OCH3 is 1. The number of thioether (sulfide) groups is 1. The number of aryl methyl sites for hydroxylation is 1. The van der Waals surface area contributed by atoms with Crippen LogP contribution in [0.2, 0.25) is 0 Å². The van der Waals surface area contributed by atoms with Crippen LogP contribution in [0.5, 0.6) is 11.5 Å². The molecular weight excluding hydrogens is 356 g/mol. The van der Waals surface area contributed by atoms with E-state index in [1.165, 1.54) is 24.9 Å². The zero-order valence-electron chi connectivity index (χ0n) is 14.2. The first-order valence-electron chi connectivity index (χ1n) is 7.65. The van der Waals surface area contributed by atoms with E-state index in [4.69, 9.17) is 13.9 Å². The van der Waals surface area contributed by atoms with Crippen molar-refractivity contribution in [1.82, 2.24) is 9.55 Å². The van der Waals surface area contributed by atoms with Gasteiger partial charge in [-0.1, -0.05) is 23.9 Å². The van der Waals surface area contributed by atoms with Crippen molar-refractivity contribution in [1.29, 1.82) is 0 Å². The number of carbonyl (C=O) groups excluding carboxylic acids is 1. The van der Waals surface area contributed by atoms with E-state index in [0.29, 0.717) is 17.3 Å². The average Bonchev–Trinajstić information content (AvgIpc) is 3.06. The van der Waals surface area contributed by atoms with Crippen LogP contribution in [0.4, 0.5) is 0 Å². The highest BCUT2D eigenvalue weighted by Crippen LogP contribution is 2.22. The summed E-state index contributed by atoms with van der Waals surface area (Å²) in [6.07, 6.45) is 4.67. The Morgan fingerprint density at radius 2 is 2.12 bits per heavy atom. The molecule has 0 N–H and O–H groups in total. The summed E-state index contributed by atoms with van der Waals surface area (Å²) in [5.74, 6) is 0.391. The molecular formula is C18H16N2O5S. The Labute approximate surface area is 153 Å². The van der Waals surface area contributed by atoms with E-state index in [2.05, 4.69) is 4.98 Å². The molecule has 3 aromatic rings. The standard InChI is InChI=1S/C18H16N2O5S/c1-20-8-7-19-18(20)26-11-12-9-14(21)16(10-24-12)25-17(22)13-5-3-4-6-15(13)23-2/h3-10H,11H2,1-2H3. The van der Waals surface area contributed by atoms with Gasteiger partial charge in [-0.3, -0.25) is 4.79 Å². The van der Waals surface area contributed by atoms with E-state index in [9.17, 15) is 9.59 Å². The highest BCUT2D eigenvalue weighted by molar-refractivity contribution is 7.98. The van der Waals surface area contributed by atoms with Crippen LogP contribution in [0.15, 0.2) is 63.4 Å². The van der Waals surface area contributed by atoms with E-state index < -0.39 is 11.4 Å². The van der Waals surface area contributed by atoms with Crippen LogP contribution >= 0.6 is 11.8 Å². The molecule has 0 spiro atoms. The molecule has 2 heterocycles. The van der Waals surface area contributed by atoms with E-state index in [-0.39, 0.29) is 11.3 Å². The molecule has 0 saturated heterocycles. The lowest BCUT2D eigenvalue weighted by Gasteiger charge is -2.08. The largest absolute Gasteiger partial charge is 0.496 e. The molecule has 26 heavy (non-hydrogen) atoms. The van der Waals surface area contributed by atoms with Crippen molar-refractivity contribution >= 4 is 17.7 Å². The molecule has 0 radical (unpaired) electrons. The van der Waals surface area contributed by atoms with Gasteiger partial charge in [0.05, 0.1) is 12.9 Å². The van der Waals surface area contributed by atoms with Gasteiger partial charge in [0.1, 0.15) is 23.3 Å². The molecule has 0 aliphatic rings. The molecule has 0 bridgehead atoms. The Hall–Kier alpha value is -3.00. The van der Waals surface area contributed by atoms with Gasteiger partial charge in [0, 0.05) is 25.5 Å². The minimum absolute atomic E-state index is 0.174. The Balaban J connectivity index is 1.70. The first-order chi connectivity index (χ1) is 12.6. The topological polar surface area (TPSA) is 83.6 Å². The number of hydrogen-bond acceptors (Lipinski definition) is 7. The van der Waals surface area contributed by atoms with Crippen LogP contribution in [0.1, 0.15) is 16.1 Å². The summed E-state index contributed by atoms with van der Waals surface area (Å²) in [4.78, 5) is 28.6. The lowest BCUT2D eigenvalue weighted by atomic mass is 10.2. The number of benzene rings is 1. The molecule has 0 saturated carbocycles. The highest BCUT2D eigenvalue weighted by Gasteiger charge is 2.16. The second-order valence-electron chi connectivity index (χ2n) is 5.27. The van der Waals surface area contributed by atoms with Crippen molar-refractivity contribution in [3.63, 3.8) is 0 Å². The van der Waals surface area contributed by atoms with Gasteiger partial charge in [0.2, 0.25) is 11.2 Å². The predicted molar refractivity (Wildman–Crippen MR) is 95.7 cm³/mol. The van der Waals surface area contributed by atoms with E-state index in [1.54, 1.807) is 30.5 Å². The first kappa shape index (κ1) is 17.8.